The third kappa shape index (κ3) is 1.79. The minimum atomic E-state index is -0.244. The number of rotatable bonds is 1. The molecule has 2 atom stereocenters. The Balaban J connectivity index is 1.78. The number of ether oxygens (including phenoxy) is 2. The zero-order chi connectivity index (χ0) is 11.0. The molecule has 1 saturated heterocycles. The summed E-state index contributed by atoms with van der Waals surface area (Å²) >= 11 is 0. The van der Waals surface area contributed by atoms with E-state index in [1.165, 1.54) is 12.1 Å². The summed E-state index contributed by atoms with van der Waals surface area (Å²) in [5.74, 6) is 0.912. The van der Waals surface area contributed by atoms with Crippen molar-refractivity contribution in [1.29, 1.82) is 0 Å². The Hall–Kier alpha value is -1.13. The Kier molecular flexibility index (Phi) is 2.53. The molecule has 2 heterocycles. The fourth-order valence-electron chi connectivity index (χ4n) is 2.25. The van der Waals surface area contributed by atoms with Gasteiger partial charge >= 0.3 is 0 Å². The molecule has 3 rings (SSSR count). The van der Waals surface area contributed by atoms with E-state index < -0.39 is 0 Å². The van der Waals surface area contributed by atoms with Crippen LogP contribution in [0.1, 0.15) is 12.0 Å². The number of nitrogens with one attached hydrogen (secondary N) is 1. The molecular weight excluding hydrogens is 209 g/mol. The number of benzene rings is 1. The fraction of sp³-hybridized carbons (Fsp3) is 0.500. The Labute approximate surface area is 93.6 Å². The molecule has 0 amide bonds. The molecule has 1 aromatic carbocycles. The van der Waals surface area contributed by atoms with Crippen LogP contribution in [0.5, 0.6) is 5.75 Å². The first-order valence-corrected chi connectivity index (χ1v) is 5.60. The summed E-state index contributed by atoms with van der Waals surface area (Å²) in [4.78, 5) is 0. The lowest BCUT2D eigenvalue weighted by atomic mass is 10.1. The molecule has 1 N–H and O–H groups in total. The van der Waals surface area contributed by atoms with E-state index >= 15 is 0 Å². The molecule has 2 aliphatic heterocycles. The SMILES string of the molecule is Fc1ccc2c(c1)COC(C1CCNC1)O2. The van der Waals surface area contributed by atoms with E-state index in [1.54, 1.807) is 6.07 Å². The predicted octanol–water partition coefficient (Wildman–Crippen LogP) is 1.67. The van der Waals surface area contributed by atoms with E-state index in [1.807, 2.05) is 0 Å². The zero-order valence-corrected chi connectivity index (χ0v) is 8.91. The molecule has 86 valence electrons. The van der Waals surface area contributed by atoms with Gasteiger partial charge in [-0.1, -0.05) is 0 Å². The minimum absolute atomic E-state index is 0.187. The number of hydrogen-bond acceptors (Lipinski definition) is 3. The maximum atomic E-state index is 13.0. The van der Waals surface area contributed by atoms with Gasteiger partial charge in [0.1, 0.15) is 11.6 Å². The third-order valence-corrected chi connectivity index (χ3v) is 3.15. The van der Waals surface area contributed by atoms with Crippen LogP contribution >= 0.6 is 0 Å². The van der Waals surface area contributed by atoms with Gasteiger partial charge in [0.15, 0.2) is 0 Å². The van der Waals surface area contributed by atoms with Crippen LogP contribution in [0.2, 0.25) is 0 Å². The number of fused-ring (bicyclic) bond motifs is 1. The van der Waals surface area contributed by atoms with Crippen molar-refractivity contribution < 1.29 is 13.9 Å². The van der Waals surface area contributed by atoms with Crippen LogP contribution in [0.15, 0.2) is 18.2 Å². The lowest BCUT2D eigenvalue weighted by Gasteiger charge is -2.29. The van der Waals surface area contributed by atoms with E-state index in [2.05, 4.69) is 5.32 Å². The number of halogens is 1. The molecule has 0 saturated carbocycles. The summed E-state index contributed by atoms with van der Waals surface area (Å²) < 4.78 is 24.3. The van der Waals surface area contributed by atoms with Crippen LogP contribution in [0, 0.1) is 11.7 Å². The van der Waals surface area contributed by atoms with Crippen LogP contribution in [-0.2, 0) is 11.3 Å². The molecular formula is C12H14FNO2. The highest BCUT2D eigenvalue weighted by Gasteiger charge is 2.30. The van der Waals surface area contributed by atoms with Crippen LogP contribution in [0.25, 0.3) is 0 Å². The summed E-state index contributed by atoms with van der Waals surface area (Å²) in [7, 11) is 0. The maximum Gasteiger partial charge on any atom is 0.204 e. The summed E-state index contributed by atoms with van der Waals surface area (Å²) in [5, 5.41) is 3.28. The van der Waals surface area contributed by atoms with Crippen molar-refractivity contribution in [2.45, 2.75) is 19.3 Å². The molecule has 0 bridgehead atoms. The average Bonchev–Trinajstić information content (AvgIpc) is 2.82. The Morgan fingerprint density at radius 2 is 2.31 bits per heavy atom. The van der Waals surface area contributed by atoms with Crippen molar-refractivity contribution in [2.24, 2.45) is 5.92 Å². The number of hydrogen-bond donors (Lipinski definition) is 1. The smallest absolute Gasteiger partial charge is 0.204 e. The summed E-state index contributed by atoms with van der Waals surface area (Å²) in [5.41, 5.74) is 0.794. The average molecular weight is 223 g/mol. The van der Waals surface area contributed by atoms with Crippen molar-refractivity contribution in [2.75, 3.05) is 13.1 Å². The van der Waals surface area contributed by atoms with Gasteiger partial charge in [0, 0.05) is 18.0 Å². The van der Waals surface area contributed by atoms with Crippen molar-refractivity contribution >= 4 is 0 Å². The van der Waals surface area contributed by atoms with E-state index in [-0.39, 0.29) is 12.1 Å². The highest BCUT2D eigenvalue weighted by atomic mass is 19.1. The molecule has 0 aromatic heterocycles. The Morgan fingerprint density at radius 1 is 1.38 bits per heavy atom. The summed E-state index contributed by atoms with van der Waals surface area (Å²) in [6.45, 7) is 2.39. The quantitative estimate of drug-likeness (QED) is 0.785. The van der Waals surface area contributed by atoms with Crippen LogP contribution in [0.3, 0.4) is 0 Å². The van der Waals surface area contributed by atoms with Gasteiger partial charge in [-0.15, -0.1) is 0 Å². The monoisotopic (exact) mass is 223 g/mol. The molecule has 0 aliphatic carbocycles. The standard InChI is InChI=1S/C12H14FNO2/c13-10-1-2-11-9(5-10)7-15-12(16-11)8-3-4-14-6-8/h1-2,5,8,12,14H,3-4,6-7H2. The van der Waals surface area contributed by atoms with Gasteiger partial charge in [-0.25, -0.2) is 4.39 Å². The zero-order valence-electron chi connectivity index (χ0n) is 8.91. The molecule has 16 heavy (non-hydrogen) atoms. The van der Waals surface area contributed by atoms with E-state index in [0.717, 1.165) is 30.8 Å². The van der Waals surface area contributed by atoms with Crippen LogP contribution in [-0.4, -0.2) is 19.4 Å². The first-order valence-electron chi connectivity index (χ1n) is 5.60. The van der Waals surface area contributed by atoms with E-state index in [0.29, 0.717) is 12.5 Å². The highest BCUT2D eigenvalue weighted by Crippen LogP contribution is 2.30. The molecule has 3 nitrogen and oxygen atoms in total. The molecule has 1 aromatic rings. The van der Waals surface area contributed by atoms with Crippen molar-refractivity contribution in [3.05, 3.63) is 29.6 Å². The third-order valence-electron chi connectivity index (χ3n) is 3.15. The first kappa shape index (κ1) is 10.1. The fourth-order valence-corrected chi connectivity index (χ4v) is 2.25. The van der Waals surface area contributed by atoms with Gasteiger partial charge in [0.25, 0.3) is 0 Å². The Bertz CT molecular complexity index is 391. The molecule has 0 radical (unpaired) electrons. The molecule has 2 aliphatic rings. The van der Waals surface area contributed by atoms with Crippen LogP contribution in [0.4, 0.5) is 4.39 Å². The summed E-state index contributed by atoms with van der Waals surface area (Å²) in [6.07, 6.45) is 0.884. The first-order chi connectivity index (χ1) is 7.83. The largest absolute Gasteiger partial charge is 0.464 e. The van der Waals surface area contributed by atoms with Crippen molar-refractivity contribution in [3.8, 4) is 5.75 Å². The highest BCUT2D eigenvalue weighted by molar-refractivity contribution is 5.34. The lowest BCUT2D eigenvalue weighted by molar-refractivity contribution is -0.136. The molecule has 2 unspecified atom stereocenters. The molecule has 1 fully saturated rings. The second-order valence-corrected chi connectivity index (χ2v) is 4.30. The molecule has 0 spiro atoms. The second kappa shape index (κ2) is 4.03. The van der Waals surface area contributed by atoms with Crippen LogP contribution < -0.4 is 10.1 Å². The maximum absolute atomic E-state index is 13.0. The van der Waals surface area contributed by atoms with E-state index in [4.69, 9.17) is 9.47 Å². The summed E-state index contributed by atoms with van der Waals surface area (Å²) in [6, 6.07) is 4.58. The topological polar surface area (TPSA) is 30.5 Å². The van der Waals surface area contributed by atoms with Gasteiger partial charge in [-0.05, 0) is 31.2 Å². The molecule has 4 heteroatoms. The van der Waals surface area contributed by atoms with E-state index in [9.17, 15) is 4.39 Å². The predicted molar refractivity (Wildman–Crippen MR) is 56.6 cm³/mol. The van der Waals surface area contributed by atoms with Gasteiger partial charge in [-0.3, -0.25) is 0 Å². The second-order valence-electron chi connectivity index (χ2n) is 4.30. The minimum Gasteiger partial charge on any atom is -0.464 e. The van der Waals surface area contributed by atoms with Crippen molar-refractivity contribution in [3.63, 3.8) is 0 Å². The Morgan fingerprint density at radius 3 is 3.12 bits per heavy atom. The van der Waals surface area contributed by atoms with Gasteiger partial charge in [-0.2, -0.15) is 0 Å². The van der Waals surface area contributed by atoms with Gasteiger partial charge in [0.05, 0.1) is 6.61 Å². The van der Waals surface area contributed by atoms with Crippen molar-refractivity contribution in [1.82, 2.24) is 5.32 Å². The normalized spacial score (nSPS) is 28.6. The lowest BCUT2D eigenvalue weighted by Crippen LogP contribution is -2.34. The van der Waals surface area contributed by atoms with Gasteiger partial charge in [0.2, 0.25) is 6.29 Å². The van der Waals surface area contributed by atoms with Gasteiger partial charge < -0.3 is 14.8 Å².